The molecule has 1 aliphatic rings. The molecule has 4 nitrogen and oxygen atoms in total. The number of amides is 2. The van der Waals surface area contributed by atoms with Gasteiger partial charge >= 0.3 is 0 Å². The molecule has 1 heterocycles. The topological polar surface area (TPSA) is 72.2 Å². The zero-order valence-corrected chi connectivity index (χ0v) is 6.70. The molecule has 2 rings (SSSR count). The van der Waals surface area contributed by atoms with E-state index in [0.717, 1.165) is 0 Å². The van der Waals surface area contributed by atoms with Crippen LogP contribution in [0.4, 0.5) is 5.69 Å². The number of nitrogens with two attached hydrogens (primary N) is 1. The lowest BCUT2D eigenvalue weighted by Gasteiger charge is -2.01. The first kappa shape index (κ1) is 7.79. The van der Waals surface area contributed by atoms with Gasteiger partial charge in [0, 0.05) is 5.69 Å². The maximum absolute atomic E-state index is 11.2. The van der Waals surface area contributed by atoms with Crippen molar-refractivity contribution in [3.8, 4) is 0 Å². The van der Waals surface area contributed by atoms with E-state index >= 15 is 0 Å². The SMILES string of the molecule is NC(=O)C1C(=O)Nc2c[c]ccc21. The minimum atomic E-state index is -0.843. The van der Waals surface area contributed by atoms with E-state index in [4.69, 9.17) is 5.73 Å². The number of fused-ring (bicyclic) bond motifs is 1. The lowest BCUT2D eigenvalue weighted by Crippen LogP contribution is -2.27. The minimum absolute atomic E-state index is 0.359. The maximum atomic E-state index is 11.2. The van der Waals surface area contributed by atoms with Crippen molar-refractivity contribution < 1.29 is 9.59 Å². The number of benzene rings is 1. The number of primary amides is 1. The van der Waals surface area contributed by atoms with Crippen LogP contribution in [-0.4, -0.2) is 11.8 Å². The summed E-state index contributed by atoms with van der Waals surface area (Å²) in [5, 5.41) is 2.56. The minimum Gasteiger partial charge on any atom is -0.369 e. The van der Waals surface area contributed by atoms with Crippen LogP contribution in [0.15, 0.2) is 18.2 Å². The average Bonchev–Trinajstić information content (AvgIpc) is 2.39. The molecule has 0 aliphatic carbocycles. The van der Waals surface area contributed by atoms with Crippen LogP contribution in [0.1, 0.15) is 11.5 Å². The number of hydrogen-bond donors (Lipinski definition) is 2. The Morgan fingerprint density at radius 2 is 2.38 bits per heavy atom. The normalized spacial score (nSPS) is 19.4. The van der Waals surface area contributed by atoms with Gasteiger partial charge in [-0.3, -0.25) is 9.59 Å². The zero-order valence-electron chi connectivity index (χ0n) is 6.70. The molecule has 3 N–H and O–H groups in total. The molecule has 0 spiro atoms. The largest absolute Gasteiger partial charge is 0.369 e. The molecular weight excluding hydrogens is 168 g/mol. The van der Waals surface area contributed by atoms with E-state index in [1.165, 1.54) is 0 Å². The second kappa shape index (κ2) is 2.58. The Bertz CT molecular complexity index is 387. The highest BCUT2D eigenvalue weighted by molar-refractivity contribution is 6.15. The van der Waals surface area contributed by atoms with Crippen molar-refractivity contribution in [2.75, 3.05) is 5.32 Å². The van der Waals surface area contributed by atoms with Gasteiger partial charge < -0.3 is 11.1 Å². The number of hydrogen-bond acceptors (Lipinski definition) is 2. The number of anilines is 1. The first-order valence-corrected chi connectivity index (χ1v) is 3.80. The molecule has 2 amide bonds. The molecule has 65 valence electrons. The summed E-state index contributed by atoms with van der Waals surface area (Å²) in [6.45, 7) is 0. The highest BCUT2D eigenvalue weighted by atomic mass is 16.2. The molecule has 0 saturated heterocycles. The van der Waals surface area contributed by atoms with Crippen molar-refractivity contribution in [1.82, 2.24) is 0 Å². The Hall–Kier alpha value is -1.84. The first-order valence-electron chi connectivity index (χ1n) is 3.80. The van der Waals surface area contributed by atoms with Gasteiger partial charge in [0.25, 0.3) is 0 Å². The molecule has 0 bridgehead atoms. The third-order valence-electron chi connectivity index (χ3n) is 2.01. The lowest BCUT2D eigenvalue weighted by molar-refractivity contribution is -0.126. The van der Waals surface area contributed by atoms with Gasteiger partial charge in [0.15, 0.2) is 0 Å². The van der Waals surface area contributed by atoms with Crippen molar-refractivity contribution in [3.05, 3.63) is 29.8 Å². The summed E-state index contributed by atoms with van der Waals surface area (Å²) < 4.78 is 0. The van der Waals surface area contributed by atoms with Crippen LogP contribution < -0.4 is 11.1 Å². The predicted molar refractivity (Wildman–Crippen MR) is 45.8 cm³/mol. The molecule has 1 aromatic rings. The highest BCUT2D eigenvalue weighted by Gasteiger charge is 2.34. The van der Waals surface area contributed by atoms with Crippen LogP contribution in [0.3, 0.4) is 0 Å². The van der Waals surface area contributed by atoms with Gasteiger partial charge in [-0.2, -0.15) is 0 Å². The van der Waals surface area contributed by atoms with Crippen molar-refractivity contribution >= 4 is 17.5 Å². The number of rotatable bonds is 1. The summed E-state index contributed by atoms with van der Waals surface area (Å²) in [4.78, 5) is 22.2. The molecule has 1 unspecified atom stereocenters. The van der Waals surface area contributed by atoms with Crippen LogP contribution in [0.5, 0.6) is 0 Å². The van der Waals surface area contributed by atoms with Gasteiger partial charge in [-0.1, -0.05) is 12.1 Å². The Labute approximate surface area is 74.7 Å². The quantitative estimate of drug-likeness (QED) is 0.590. The molecule has 13 heavy (non-hydrogen) atoms. The molecule has 0 saturated carbocycles. The summed E-state index contributed by atoms with van der Waals surface area (Å²) >= 11 is 0. The van der Waals surface area contributed by atoms with Crippen molar-refractivity contribution in [2.45, 2.75) is 5.92 Å². The van der Waals surface area contributed by atoms with Crippen LogP contribution >= 0.6 is 0 Å². The molecular formula is C9H7N2O2. The summed E-state index contributed by atoms with van der Waals surface area (Å²) in [5.41, 5.74) is 6.35. The van der Waals surface area contributed by atoms with Gasteiger partial charge in [0.05, 0.1) is 0 Å². The third kappa shape index (κ3) is 1.07. The van der Waals surface area contributed by atoms with Crippen molar-refractivity contribution in [3.63, 3.8) is 0 Å². The highest BCUT2D eigenvalue weighted by Crippen LogP contribution is 2.31. The molecule has 0 aromatic heterocycles. The van der Waals surface area contributed by atoms with E-state index in [-0.39, 0.29) is 5.91 Å². The fourth-order valence-electron chi connectivity index (χ4n) is 1.43. The smallest absolute Gasteiger partial charge is 0.241 e. The summed E-state index contributed by atoms with van der Waals surface area (Å²) in [5.74, 6) is -1.82. The van der Waals surface area contributed by atoms with Crippen LogP contribution in [0, 0.1) is 6.07 Å². The van der Waals surface area contributed by atoms with E-state index in [1.807, 2.05) is 0 Å². The Morgan fingerprint density at radius 1 is 1.62 bits per heavy atom. The van der Waals surface area contributed by atoms with Crippen LogP contribution in [0.25, 0.3) is 0 Å². The Balaban J connectivity index is 2.52. The van der Waals surface area contributed by atoms with Gasteiger partial charge in [0.2, 0.25) is 11.8 Å². The molecule has 0 fully saturated rings. The molecule has 1 aromatic carbocycles. The fourth-order valence-corrected chi connectivity index (χ4v) is 1.43. The Kier molecular flexibility index (Phi) is 1.55. The summed E-state index contributed by atoms with van der Waals surface area (Å²) in [7, 11) is 0. The Morgan fingerprint density at radius 3 is 3.08 bits per heavy atom. The standard InChI is InChI=1S/C9H7N2O2/c10-8(12)7-5-3-1-2-4-6(5)11-9(7)13/h1,3-4,7H,(H2,10,12)(H,11,13). The van der Waals surface area contributed by atoms with E-state index < -0.39 is 11.8 Å². The fraction of sp³-hybridized carbons (Fsp3) is 0.111. The third-order valence-corrected chi connectivity index (χ3v) is 2.01. The van der Waals surface area contributed by atoms with E-state index in [2.05, 4.69) is 11.4 Å². The molecule has 1 aliphatic heterocycles. The van der Waals surface area contributed by atoms with E-state index in [9.17, 15) is 9.59 Å². The van der Waals surface area contributed by atoms with E-state index in [0.29, 0.717) is 11.3 Å². The van der Waals surface area contributed by atoms with E-state index in [1.54, 1.807) is 18.2 Å². The monoisotopic (exact) mass is 175 g/mol. The molecule has 1 radical (unpaired) electrons. The van der Waals surface area contributed by atoms with Crippen LogP contribution in [-0.2, 0) is 9.59 Å². The summed E-state index contributed by atoms with van der Waals surface area (Å²) in [6, 6.07) is 7.74. The predicted octanol–water partition coefficient (Wildman–Crippen LogP) is 0.00779. The lowest BCUT2D eigenvalue weighted by atomic mass is 10.0. The zero-order chi connectivity index (χ0) is 9.42. The van der Waals surface area contributed by atoms with Gasteiger partial charge in [-0.25, -0.2) is 0 Å². The molecule has 1 atom stereocenters. The average molecular weight is 175 g/mol. The molecule has 4 heteroatoms. The van der Waals surface area contributed by atoms with Crippen molar-refractivity contribution in [1.29, 1.82) is 0 Å². The maximum Gasteiger partial charge on any atom is 0.241 e. The van der Waals surface area contributed by atoms with Crippen LogP contribution in [0.2, 0.25) is 0 Å². The number of carbonyl (C=O) groups is 2. The summed E-state index contributed by atoms with van der Waals surface area (Å²) in [6.07, 6.45) is 0. The second-order valence-corrected chi connectivity index (χ2v) is 2.84. The van der Waals surface area contributed by atoms with Gasteiger partial charge in [-0.05, 0) is 17.7 Å². The first-order chi connectivity index (χ1) is 6.20. The van der Waals surface area contributed by atoms with Gasteiger partial charge in [0.1, 0.15) is 5.92 Å². The second-order valence-electron chi connectivity index (χ2n) is 2.84. The van der Waals surface area contributed by atoms with Crippen molar-refractivity contribution in [2.24, 2.45) is 5.73 Å². The number of nitrogens with one attached hydrogen (secondary N) is 1. The number of carbonyl (C=O) groups excluding carboxylic acids is 2. The van der Waals surface area contributed by atoms with Gasteiger partial charge in [-0.15, -0.1) is 0 Å².